The summed E-state index contributed by atoms with van der Waals surface area (Å²) in [5.74, 6) is -11.8. The van der Waals surface area contributed by atoms with E-state index in [1.54, 1.807) is 0 Å². The zero-order chi connectivity index (χ0) is 108. The summed E-state index contributed by atoms with van der Waals surface area (Å²) in [5.41, 5.74) is 0. The van der Waals surface area contributed by atoms with Crippen LogP contribution in [0.15, 0.2) is 0 Å². The fourth-order valence-corrected chi connectivity index (χ4v) is 19.3. The third-order valence-corrected chi connectivity index (χ3v) is 27.3. The number of nitrogens with one attached hydrogen (secondary N) is 4. The third-order valence-electron chi connectivity index (χ3n) is 27.3. The van der Waals surface area contributed by atoms with Crippen LogP contribution in [0.25, 0.3) is 0 Å². The van der Waals surface area contributed by atoms with Gasteiger partial charge in [0.05, 0.1) is 122 Å². The van der Waals surface area contributed by atoms with E-state index in [0.717, 1.165) is 27.7 Å². The fourth-order valence-electron chi connectivity index (χ4n) is 19.3. The molecule has 0 aliphatic carbocycles. The summed E-state index contributed by atoms with van der Waals surface area (Å²) in [7, 11) is 0. The molecule has 4 amide bonds. The maximum absolute atomic E-state index is 13.4. The van der Waals surface area contributed by atoms with Crippen LogP contribution >= 0.6 is 0 Å². The van der Waals surface area contributed by atoms with Gasteiger partial charge in [0, 0.05) is 39.5 Å². The minimum atomic E-state index is -2.92. The first kappa shape index (κ1) is 121. The summed E-state index contributed by atoms with van der Waals surface area (Å²) in [6.45, 7) is -5.61. The van der Waals surface area contributed by atoms with Crippen molar-refractivity contribution in [2.75, 3.05) is 72.7 Å². The maximum Gasteiger partial charge on any atom is 0.332 e. The van der Waals surface area contributed by atoms with E-state index in [9.17, 15) is 182 Å². The van der Waals surface area contributed by atoms with E-state index < -0.39 is 458 Å². The monoisotopic (exact) mass is 2130 g/mol. The highest BCUT2D eigenvalue weighted by atomic mass is 16.9. The molecule has 11 saturated heterocycles. The summed E-state index contributed by atoms with van der Waals surface area (Å²) >= 11 is 0. The fraction of sp³-hybridized carbons (Fsp3) is 0.928. The highest BCUT2D eigenvalue weighted by Gasteiger charge is 2.65. The second-order valence-electron chi connectivity index (χ2n) is 37.4. The van der Waals surface area contributed by atoms with Crippen LogP contribution in [0.3, 0.4) is 0 Å². The molecule has 0 aromatic carbocycles. The van der Waals surface area contributed by atoms with Gasteiger partial charge >= 0.3 is 11.9 Å². The molecule has 11 fully saturated rings. The van der Waals surface area contributed by atoms with Crippen LogP contribution in [0, 0.1) is 11.8 Å². The van der Waals surface area contributed by atoms with Gasteiger partial charge < -0.3 is 283 Å². The SMILES string of the molecule is CC(=O)NC1C(O)[C@H](O[C@@H]2OC(CO)[C@H](O)[C@H](O[C@]3(OC=O)C[C@H](O)[C@@H](C)C([C@H](O)[C@@H](O)CO)O3)C2O)[C@@H](CO)O[C@@H]1OC1[C@H](OCC2O[C@@H](O[C@H]3C(CO)O[C@@H](O[C@H]4C(CO)O[C@@H](C)C(NC(C)=O)[C@H]4O)C(NC(C)=O)[C@H]3O)C(O)[C@@H](O[C@@H]3OC(CO)[C@H](O)C(O)C3O[C@@H]3OC(CO)[C@H](O[C@@H]4OC(CO)[C@H](O)[C@H](O[C@]5(OC=O)C[C@H](O)[C@@H](C)C([C@H](O)[C@@H](O)CO)O5)C4O)[C@H](O)C3NC(C)=O)[C@H]2O)OC(CO)[C@H](O)[C@@H]1O. The van der Waals surface area contributed by atoms with Crippen molar-refractivity contribution >= 4 is 36.6 Å². The molecule has 844 valence electrons. The van der Waals surface area contributed by atoms with E-state index in [1.165, 1.54) is 20.8 Å². The Morgan fingerprint density at radius 2 is 0.575 bits per heavy atom. The number of rotatable bonds is 43. The van der Waals surface area contributed by atoms with E-state index in [4.69, 9.17) is 109 Å². The van der Waals surface area contributed by atoms with E-state index >= 15 is 0 Å². The van der Waals surface area contributed by atoms with Crippen molar-refractivity contribution in [1.29, 1.82) is 0 Å². The van der Waals surface area contributed by atoms with Crippen molar-refractivity contribution in [3.05, 3.63) is 0 Å². The highest BCUT2D eigenvalue weighted by Crippen LogP contribution is 2.46. The van der Waals surface area contributed by atoms with Gasteiger partial charge in [-0.15, -0.1) is 0 Å². The molecule has 11 aliphatic heterocycles. The Labute approximate surface area is 828 Å². The van der Waals surface area contributed by atoms with Crippen LogP contribution in [0.4, 0.5) is 0 Å². The predicted molar refractivity (Wildman–Crippen MR) is 452 cm³/mol. The second kappa shape index (κ2) is 52.8. The van der Waals surface area contributed by atoms with Crippen molar-refractivity contribution in [2.45, 2.75) is 398 Å². The number of aliphatic hydroxyl groups is 30. The minimum absolute atomic E-state index is 0.264. The second-order valence-corrected chi connectivity index (χ2v) is 37.4. The summed E-state index contributed by atoms with van der Waals surface area (Å²) < 4.78 is 137. The van der Waals surface area contributed by atoms with Crippen LogP contribution in [0.5, 0.6) is 0 Å². The van der Waals surface area contributed by atoms with Crippen molar-refractivity contribution in [3.8, 4) is 0 Å². The quantitative estimate of drug-likeness (QED) is 0.0199. The van der Waals surface area contributed by atoms with Gasteiger partial charge in [-0.05, 0) is 6.92 Å². The van der Waals surface area contributed by atoms with E-state index in [1.807, 2.05) is 0 Å². The van der Waals surface area contributed by atoms with Crippen LogP contribution in [-0.2, 0) is 138 Å². The number of aliphatic hydroxyl groups excluding tert-OH is 30. The molecule has 0 spiro atoms. The lowest BCUT2D eigenvalue weighted by Crippen LogP contribution is -2.71. The van der Waals surface area contributed by atoms with Crippen molar-refractivity contribution in [2.24, 2.45) is 11.8 Å². The predicted octanol–water partition coefficient (Wildman–Crippen LogP) is -22.3. The molecule has 146 heavy (non-hydrogen) atoms. The Balaban J connectivity index is 0.906. The Hall–Kier alpha value is -5.22. The Morgan fingerprint density at radius 1 is 0.308 bits per heavy atom. The summed E-state index contributed by atoms with van der Waals surface area (Å²) in [4.78, 5) is 76.6. The van der Waals surface area contributed by atoms with E-state index in [-0.39, 0.29) is 12.9 Å². The van der Waals surface area contributed by atoms with Crippen LogP contribution < -0.4 is 21.3 Å². The zero-order valence-corrected chi connectivity index (χ0v) is 79.4. The van der Waals surface area contributed by atoms with Gasteiger partial charge in [0.25, 0.3) is 12.9 Å². The summed E-state index contributed by atoms with van der Waals surface area (Å²) in [6, 6.07) is -7.43. The van der Waals surface area contributed by atoms with Gasteiger partial charge in [0.1, 0.15) is 238 Å². The zero-order valence-electron chi connectivity index (χ0n) is 79.4. The molecule has 11 heterocycles. The Bertz CT molecular complexity index is 4070. The molecule has 21 unspecified atom stereocenters. The van der Waals surface area contributed by atoms with Gasteiger partial charge in [-0.2, -0.15) is 0 Å². The van der Waals surface area contributed by atoms with E-state index in [0.29, 0.717) is 0 Å². The molecule has 57 atom stereocenters. The average molecular weight is 2140 g/mol. The molecular formula is C83H138N4O59. The molecule has 0 bridgehead atoms. The number of ether oxygens (including phenoxy) is 23. The van der Waals surface area contributed by atoms with Gasteiger partial charge in [-0.25, -0.2) is 0 Å². The number of hydrogen-bond acceptors (Lipinski definition) is 59. The Kier molecular flexibility index (Phi) is 43.8. The van der Waals surface area contributed by atoms with E-state index in [2.05, 4.69) is 21.3 Å². The number of amides is 4. The van der Waals surface area contributed by atoms with Gasteiger partial charge in [0.15, 0.2) is 50.3 Å². The molecule has 0 saturated carbocycles. The first-order valence-corrected chi connectivity index (χ1v) is 46.9. The summed E-state index contributed by atoms with van der Waals surface area (Å²) in [6.07, 6.45) is -107. The van der Waals surface area contributed by atoms with Crippen molar-refractivity contribution in [1.82, 2.24) is 21.3 Å². The minimum Gasteiger partial charge on any atom is -0.410 e. The largest absolute Gasteiger partial charge is 0.410 e. The maximum atomic E-state index is 13.4. The molecule has 11 aliphatic rings. The molecule has 34 N–H and O–H groups in total. The lowest BCUT2D eigenvalue weighted by Gasteiger charge is -2.51. The average Bonchev–Trinajstić information content (AvgIpc) is 0.761. The number of carbonyl (C=O) groups is 6. The molecule has 0 aromatic rings. The van der Waals surface area contributed by atoms with Gasteiger partial charge in [-0.3, -0.25) is 28.8 Å². The number of carbonyl (C=O) groups excluding carboxylic acids is 6. The standard InChI is InChI=1S/C83H138N4O59/c1-23-30(104)8-82(125-21-98,143-63(23)47(108)32(106)10-88)145-70-51(112)36(14-92)128-78(61(70)122)138-67-40(18-96)133-75(45(56(67)117)86-28(6)102)141-72-58(119)49(110)34(12-90)130-80(72)124-20-42-53(114)69(60(121)77(135-42)137-66-39(17-95)132-74(44(55(66)116)85-27(5)101)136-65-38(16-94)127-25(3)43(54(65)115)84-26(4)100)140-81-73(59(120)50(111)35(13-91)131-81)142-76-46(87-29(7)103)57(118)68(41(19-97)134-76)139-79-62(123)71(52(113)37(15-93)129-79)146-83(126-22-99)9-31(105)24(2)64(144-83)48(109)33(107)11-89/h21-25,30-81,88-97,104-123H,8-20H2,1-7H3,(H,84,100)(H,85,101)(H,86,102)(H,87,103)/t23-,24-,25+,30+,31+,32+,33+,34?,35?,36?,37?,38?,39?,40-,41?,42?,43?,44?,45?,46?,47-,48-,49+,50+,51+,52+,53+,54-,55-,56?,57-,58+,59?,60?,61?,62?,63?,64?,65+,66+,67-,68+,69+,70+,71+,72?,73?,74+,75-,76+,77+,78+,79+,80-,81+,82+,83+/m1/s1. The lowest BCUT2D eigenvalue weighted by molar-refractivity contribution is -0.449. The topological polar surface area (TPSA) is 970 Å². The van der Waals surface area contributed by atoms with Crippen molar-refractivity contribution < 1.29 is 291 Å². The third kappa shape index (κ3) is 26.8. The van der Waals surface area contributed by atoms with Crippen molar-refractivity contribution in [3.63, 3.8) is 0 Å². The molecule has 0 aromatic heterocycles. The van der Waals surface area contributed by atoms with Gasteiger partial charge in [-0.1, -0.05) is 13.8 Å². The Morgan fingerprint density at radius 3 is 0.911 bits per heavy atom. The molecule has 11 rings (SSSR count). The molecular weight excluding hydrogens is 2000 g/mol. The molecule has 63 heteroatoms. The lowest BCUT2D eigenvalue weighted by atomic mass is 9.86. The first-order valence-electron chi connectivity index (χ1n) is 46.9. The highest BCUT2D eigenvalue weighted by molar-refractivity contribution is 5.74. The van der Waals surface area contributed by atoms with Crippen LogP contribution in [0.1, 0.15) is 61.3 Å². The normalized spacial score (nSPS) is 47.5. The smallest absolute Gasteiger partial charge is 0.332 e. The van der Waals surface area contributed by atoms with Crippen LogP contribution in [0.2, 0.25) is 0 Å². The number of hydrogen-bond donors (Lipinski definition) is 34. The van der Waals surface area contributed by atoms with Gasteiger partial charge in [0.2, 0.25) is 23.6 Å². The summed E-state index contributed by atoms with van der Waals surface area (Å²) in [5, 5.41) is 351. The molecule has 63 nitrogen and oxygen atoms in total. The van der Waals surface area contributed by atoms with Crippen LogP contribution in [-0.4, -0.2) is 599 Å². The first-order chi connectivity index (χ1) is 69.1. The molecule has 0 radical (unpaired) electrons.